The van der Waals surface area contributed by atoms with E-state index >= 15 is 0 Å². The molecule has 1 fully saturated rings. The first-order valence-electron chi connectivity index (χ1n) is 7.79. The summed E-state index contributed by atoms with van der Waals surface area (Å²) in [6.45, 7) is 3.56. The van der Waals surface area contributed by atoms with Crippen molar-refractivity contribution < 1.29 is 9.84 Å². The van der Waals surface area contributed by atoms with Crippen LogP contribution in [-0.4, -0.2) is 41.3 Å². The van der Waals surface area contributed by atoms with Gasteiger partial charge in [-0.05, 0) is 37.1 Å². The lowest BCUT2D eigenvalue weighted by atomic mass is 9.98. The van der Waals surface area contributed by atoms with Gasteiger partial charge in [0.1, 0.15) is 12.4 Å². The van der Waals surface area contributed by atoms with Crippen molar-refractivity contribution in [3.8, 4) is 5.75 Å². The van der Waals surface area contributed by atoms with E-state index in [1.807, 2.05) is 18.3 Å². The molecule has 1 saturated heterocycles. The normalized spacial score (nSPS) is 19.2. The van der Waals surface area contributed by atoms with E-state index in [1.54, 1.807) is 11.3 Å². The predicted molar refractivity (Wildman–Crippen MR) is 88.4 cm³/mol. The highest BCUT2D eigenvalue weighted by Gasteiger charge is 2.23. The first-order valence-corrected chi connectivity index (χ1v) is 8.67. The second-order valence-electron chi connectivity index (χ2n) is 5.66. The molecule has 0 saturated carbocycles. The van der Waals surface area contributed by atoms with Crippen LogP contribution in [0.4, 0.5) is 0 Å². The molecule has 0 spiro atoms. The topological polar surface area (TPSA) is 45.6 Å². The van der Waals surface area contributed by atoms with E-state index in [0.717, 1.165) is 25.4 Å². The second kappa shape index (κ2) is 7.72. The van der Waals surface area contributed by atoms with Gasteiger partial charge in [0.2, 0.25) is 0 Å². The molecular formula is C17H22N2O2S. The minimum Gasteiger partial charge on any atom is -0.491 e. The molecule has 2 aromatic rings. The summed E-state index contributed by atoms with van der Waals surface area (Å²) < 4.78 is 5.49. The first kappa shape index (κ1) is 15.5. The maximum atomic E-state index is 8.84. The van der Waals surface area contributed by atoms with Crippen molar-refractivity contribution in [2.45, 2.75) is 25.3 Å². The Morgan fingerprint density at radius 3 is 3.18 bits per heavy atom. The smallest absolute Gasteiger partial charge is 0.119 e. The maximum absolute atomic E-state index is 8.84. The highest BCUT2D eigenvalue weighted by molar-refractivity contribution is 7.09. The molecule has 1 aliphatic heterocycles. The first-order chi connectivity index (χ1) is 10.8. The van der Waals surface area contributed by atoms with Crippen LogP contribution in [0.15, 0.2) is 35.8 Å². The quantitative estimate of drug-likeness (QED) is 0.889. The summed E-state index contributed by atoms with van der Waals surface area (Å²) in [4.78, 5) is 6.98. The van der Waals surface area contributed by atoms with Gasteiger partial charge in [0.25, 0.3) is 0 Å². The van der Waals surface area contributed by atoms with Gasteiger partial charge in [-0.3, -0.25) is 4.90 Å². The van der Waals surface area contributed by atoms with Crippen molar-refractivity contribution in [3.05, 3.63) is 46.4 Å². The predicted octanol–water partition coefficient (Wildman–Crippen LogP) is 2.89. The maximum Gasteiger partial charge on any atom is 0.119 e. The van der Waals surface area contributed by atoms with E-state index in [0.29, 0.717) is 12.5 Å². The Labute approximate surface area is 135 Å². The summed E-state index contributed by atoms with van der Waals surface area (Å²) in [6.07, 6.45) is 4.37. The molecule has 0 radical (unpaired) electrons. The number of aliphatic hydroxyl groups is 1. The third kappa shape index (κ3) is 4.06. The molecule has 1 aromatic heterocycles. The average Bonchev–Trinajstić information content (AvgIpc) is 3.08. The third-order valence-electron chi connectivity index (χ3n) is 3.97. The van der Waals surface area contributed by atoms with Gasteiger partial charge in [0.15, 0.2) is 0 Å². The fraction of sp³-hybridized carbons (Fsp3) is 0.471. The summed E-state index contributed by atoms with van der Waals surface area (Å²) in [5.74, 6) is 1.41. The molecule has 0 bridgehead atoms. The summed E-state index contributed by atoms with van der Waals surface area (Å²) in [5, 5.41) is 12.2. The number of piperidine rings is 1. The lowest BCUT2D eigenvalue weighted by molar-refractivity contribution is 0.196. The molecule has 22 heavy (non-hydrogen) atoms. The third-order valence-corrected chi connectivity index (χ3v) is 4.91. The molecule has 3 rings (SSSR count). The minimum atomic E-state index is 0.0475. The molecule has 4 nitrogen and oxygen atoms in total. The number of thiazole rings is 1. The van der Waals surface area contributed by atoms with Gasteiger partial charge in [0.05, 0.1) is 11.6 Å². The molecule has 0 unspecified atom stereocenters. The molecule has 1 aliphatic rings. The van der Waals surface area contributed by atoms with Crippen molar-refractivity contribution in [1.29, 1.82) is 0 Å². The van der Waals surface area contributed by atoms with E-state index in [1.165, 1.54) is 23.4 Å². The number of ether oxygens (including phenoxy) is 1. The molecule has 1 atom stereocenters. The van der Waals surface area contributed by atoms with Gasteiger partial charge in [0, 0.05) is 30.6 Å². The van der Waals surface area contributed by atoms with Crippen LogP contribution in [0.25, 0.3) is 0 Å². The molecule has 0 amide bonds. The van der Waals surface area contributed by atoms with Gasteiger partial charge in [-0.2, -0.15) is 0 Å². The summed E-state index contributed by atoms with van der Waals surface area (Å²) in [5.41, 5.74) is 1.26. The largest absolute Gasteiger partial charge is 0.491 e. The Morgan fingerprint density at radius 1 is 1.41 bits per heavy atom. The summed E-state index contributed by atoms with van der Waals surface area (Å²) in [7, 11) is 0. The SMILES string of the molecule is OCCOc1cccc(CN2CCC[C@@H](c3nccs3)C2)c1. The number of aliphatic hydroxyl groups excluding tert-OH is 1. The average molecular weight is 318 g/mol. The number of likely N-dealkylation sites (tertiary alicyclic amines) is 1. The Morgan fingerprint density at radius 2 is 2.36 bits per heavy atom. The van der Waals surface area contributed by atoms with Crippen LogP contribution in [0.3, 0.4) is 0 Å². The number of hydrogen-bond donors (Lipinski definition) is 1. The van der Waals surface area contributed by atoms with Crippen LogP contribution >= 0.6 is 11.3 Å². The highest BCUT2D eigenvalue weighted by Crippen LogP contribution is 2.29. The molecule has 5 heteroatoms. The van der Waals surface area contributed by atoms with E-state index in [4.69, 9.17) is 9.84 Å². The number of aromatic nitrogens is 1. The Hall–Kier alpha value is -1.43. The lowest BCUT2D eigenvalue weighted by Crippen LogP contribution is -2.33. The van der Waals surface area contributed by atoms with Crippen molar-refractivity contribution in [1.82, 2.24) is 9.88 Å². The molecule has 1 N–H and O–H groups in total. The fourth-order valence-electron chi connectivity index (χ4n) is 2.99. The van der Waals surface area contributed by atoms with Gasteiger partial charge < -0.3 is 9.84 Å². The van der Waals surface area contributed by atoms with Gasteiger partial charge >= 0.3 is 0 Å². The van der Waals surface area contributed by atoms with Crippen molar-refractivity contribution >= 4 is 11.3 Å². The molecule has 0 aliphatic carbocycles. The Bertz CT molecular complexity index is 574. The minimum absolute atomic E-state index is 0.0475. The lowest BCUT2D eigenvalue weighted by Gasteiger charge is -2.31. The Balaban J connectivity index is 1.60. The molecular weight excluding hydrogens is 296 g/mol. The van der Waals surface area contributed by atoms with Crippen LogP contribution in [0, 0.1) is 0 Å². The number of nitrogens with zero attached hydrogens (tertiary/aromatic N) is 2. The summed E-state index contributed by atoms with van der Waals surface area (Å²) >= 11 is 1.77. The number of hydrogen-bond acceptors (Lipinski definition) is 5. The van der Waals surface area contributed by atoms with Crippen LogP contribution in [0.1, 0.15) is 29.3 Å². The number of rotatable bonds is 6. The summed E-state index contributed by atoms with van der Waals surface area (Å²) in [6, 6.07) is 8.17. The van der Waals surface area contributed by atoms with E-state index in [-0.39, 0.29) is 6.61 Å². The van der Waals surface area contributed by atoms with E-state index in [2.05, 4.69) is 27.4 Å². The van der Waals surface area contributed by atoms with Crippen molar-refractivity contribution in [2.24, 2.45) is 0 Å². The van der Waals surface area contributed by atoms with Gasteiger partial charge in [-0.25, -0.2) is 4.98 Å². The zero-order chi connectivity index (χ0) is 15.2. The Kier molecular flexibility index (Phi) is 5.43. The molecule has 118 valence electrons. The highest BCUT2D eigenvalue weighted by atomic mass is 32.1. The molecule has 2 heterocycles. The standard InChI is InChI=1S/C17H22N2O2S/c20-8-9-21-16-5-1-3-14(11-16)12-19-7-2-4-15(13-19)17-18-6-10-22-17/h1,3,5-6,10-11,15,20H,2,4,7-9,12-13H2/t15-/m1/s1. The van der Waals surface area contributed by atoms with Crippen LogP contribution in [0.2, 0.25) is 0 Å². The van der Waals surface area contributed by atoms with Gasteiger partial charge in [-0.15, -0.1) is 11.3 Å². The molecule has 1 aromatic carbocycles. The fourth-order valence-corrected chi connectivity index (χ4v) is 3.76. The van der Waals surface area contributed by atoms with Gasteiger partial charge in [-0.1, -0.05) is 12.1 Å². The number of benzene rings is 1. The van der Waals surface area contributed by atoms with E-state index < -0.39 is 0 Å². The van der Waals surface area contributed by atoms with Crippen LogP contribution in [-0.2, 0) is 6.54 Å². The zero-order valence-electron chi connectivity index (χ0n) is 12.6. The van der Waals surface area contributed by atoms with E-state index in [9.17, 15) is 0 Å². The second-order valence-corrected chi connectivity index (χ2v) is 6.59. The van der Waals surface area contributed by atoms with Crippen molar-refractivity contribution in [2.75, 3.05) is 26.3 Å². The monoisotopic (exact) mass is 318 g/mol. The zero-order valence-corrected chi connectivity index (χ0v) is 13.5. The van der Waals surface area contributed by atoms with Crippen molar-refractivity contribution in [3.63, 3.8) is 0 Å². The van der Waals surface area contributed by atoms with Crippen LogP contribution in [0.5, 0.6) is 5.75 Å². The van der Waals surface area contributed by atoms with Crippen LogP contribution < -0.4 is 4.74 Å².